The van der Waals surface area contributed by atoms with E-state index in [1.54, 1.807) is 20.0 Å². The van der Waals surface area contributed by atoms with Crippen LogP contribution in [-0.4, -0.2) is 21.7 Å². The summed E-state index contributed by atoms with van der Waals surface area (Å²) in [6.45, 7) is 5.26. The SMILES string of the molecule is C=C(O)CCCCc1nc2cc(CCC(C)(ONC)c3cc(F)cc(F)c3)ccc2c(=O)n1-c1ccc(F)cc1. The summed E-state index contributed by atoms with van der Waals surface area (Å²) in [7, 11) is 1.58. The highest BCUT2D eigenvalue weighted by atomic mass is 19.1. The molecule has 4 aromatic rings. The van der Waals surface area contributed by atoms with Crippen LogP contribution in [0.15, 0.2) is 77.8 Å². The lowest BCUT2D eigenvalue weighted by atomic mass is 9.89. The number of rotatable bonds is 12. The quantitative estimate of drug-likeness (QED) is 0.118. The standard InChI is InChI=1S/C31H32F3N3O3/c1-20(38)6-4-5-7-29-36-28-16-21(8-13-27(28)30(39)37(29)26-11-9-23(32)10-12-26)14-15-31(2,40-35-3)22-17-24(33)19-25(34)18-22/h8-13,16-19,35,38H,1,4-7,14-15H2,2-3H3. The molecule has 0 aliphatic rings. The van der Waals surface area contributed by atoms with Crippen LogP contribution in [0.1, 0.15) is 49.6 Å². The number of fused-ring (bicyclic) bond motifs is 1. The molecule has 210 valence electrons. The zero-order valence-electron chi connectivity index (χ0n) is 22.5. The molecule has 0 bridgehead atoms. The number of benzene rings is 3. The van der Waals surface area contributed by atoms with E-state index < -0.39 is 23.1 Å². The number of hydrogen-bond acceptors (Lipinski definition) is 5. The van der Waals surface area contributed by atoms with Gasteiger partial charge in [-0.2, -0.15) is 0 Å². The van der Waals surface area contributed by atoms with Crippen molar-refractivity contribution in [3.05, 3.63) is 118 Å². The summed E-state index contributed by atoms with van der Waals surface area (Å²) >= 11 is 0. The Morgan fingerprint density at radius 2 is 1.70 bits per heavy atom. The lowest BCUT2D eigenvalue weighted by Gasteiger charge is -2.29. The summed E-state index contributed by atoms with van der Waals surface area (Å²) in [4.78, 5) is 24.1. The van der Waals surface area contributed by atoms with Crippen molar-refractivity contribution < 1.29 is 23.1 Å². The number of allylic oxidation sites excluding steroid dienone is 1. The fourth-order valence-corrected chi connectivity index (χ4v) is 4.79. The molecule has 0 fully saturated rings. The topological polar surface area (TPSA) is 76.4 Å². The van der Waals surface area contributed by atoms with Crippen molar-refractivity contribution in [2.45, 2.75) is 51.0 Å². The minimum absolute atomic E-state index is 0.0993. The molecule has 4 rings (SSSR count). The van der Waals surface area contributed by atoms with Gasteiger partial charge in [0.2, 0.25) is 0 Å². The molecule has 0 saturated heterocycles. The van der Waals surface area contributed by atoms with Crippen molar-refractivity contribution in [1.29, 1.82) is 0 Å². The molecule has 0 saturated carbocycles. The molecule has 0 aliphatic heterocycles. The van der Waals surface area contributed by atoms with E-state index >= 15 is 0 Å². The Labute approximate surface area is 230 Å². The Hall–Kier alpha value is -3.95. The van der Waals surface area contributed by atoms with Crippen LogP contribution in [0, 0.1) is 17.5 Å². The van der Waals surface area contributed by atoms with E-state index in [0.29, 0.717) is 66.5 Å². The highest BCUT2D eigenvalue weighted by molar-refractivity contribution is 5.78. The van der Waals surface area contributed by atoms with Crippen LogP contribution in [0.3, 0.4) is 0 Å². The number of aliphatic hydroxyl groups excluding tert-OH is 1. The number of nitrogens with zero attached hydrogens (tertiary/aromatic N) is 2. The number of nitrogens with one attached hydrogen (secondary N) is 1. The highest BCUT2D eigenvalue weighted by Crippen LogP contribution is 2.31. The van der Waals surface area contributed by atoms with Crippen molar-refractivity contribution in [2.75, 3.05) is 7.05 Å². The third kappa shape index (κ3) is 6.78. The molecular weight excluding hydrogens is 519 g/mol. The summed E-state index contributed by atoms with van der Waals surface area (Å²) in [6, 6.07) is 14.3. The molecular formula is C31H32F3N3O3. The molecule has 1 heterocycles. The summed E-state index contributed by atoms with van der Waals surface area (Å²) in [5, 5.41) is 9.82. The second kappa shape index (κ2) is 12.5. The van der Waals surface area contributed by atoms with E-state index in [1.807, 2.05) is 12.1 Å². The third-order valence-electron chi connectivity index (χ3n) is 6.90. The van der Waals surface area contributed by atoms with Gasteiger partial charge in [-0.15, -0.1) is 0 Å². The summed E-state index contributed by atoms with van der Waals surface area (Å²) in [5.41, 5.74) is 3.57. The van der Waals surface area contributed by atoms with Crippen LogP contribution in [0.4, 0.5) is 13.2 Å². The van der Waals surface area contributed by atoms with Crippen LogP contribution >= 0.6 is 0 Å². The maximum absolute atomic E-state index is 13.9. The van der Waals surface area contributed by atoms with Gasteiger partial charge >= 0.3 is 0 Å². The monoisotopic (exact) mass is 551 g/mol. The first kappa shape index (κ1) is 29.0. The van der Waals surface area contributed by atoms with E-state index in [2.05, 4.69) is 12.1 Å². The average molecular weight is 552 g/mol. The molecule has 6 nitrogen and oxygen atoms in total. The Morgan fingerprint density at radius 3 is 2.35 bits per heavy atom. The van der Waals surface area contributed by atoms with Gasteiger partial charge in [0.15, 0.2) is 0 Å². The van der Waals surface area contributed by atoms with Crippen molar-refractivity contribution >= 4 is 10.9 Å². The van der Waals surface area contributed by atoms with Gasteiger partial charge in [-0.3, -0.25) is 14.2 Å². The second-order valence-corrected chi connectivity index (χ2v) is 9.97. The van der Waals surface area contributed by atoms with Gasteiger partial charge in [-0.25, -0.2) is 23.6 Å². The van der Waals surface area contributed by atoms with Gasteiger partial charge in [-0.05, 0) is 92.3 Å². The van der Waals surface area contributed by atoms with E-state index in [4.69, 9.17) is 9.82 Å². The Kier molecular flexibility index (Phi) is 9.07. The molecule has 0 amide bonds. The molecule has 3 aromatic carbocycles. The number of aliphatic hydroxyl groups is 1. The molecule has 1 unspecified atom stereocenters. The number of unbranched alkanes of at least 4 members (excludes halogenated alkanes) is 1. The lowest BCUT2D eigenvalue weighted by molar-refractivity contribution is -0.0964. The van der Waals surface area contributed by atoms with Crippen LogP contribution in [0.5, 0.6) is 0 Å². The molecule has 9 heteroatoms. The van der Waals surface area contributed by atoms with Gasteiger partial charge in [0, 0.05) is 26.0 Å². The Balaban J connectivity index is 1.68. The lowest BCUT2D eigenvalue weighted by Crippen LogP contribution is -2.32. The van der Waals surface area contributed by atoms with E-state index in [-0.39, 0.29) is 11.3 Å². The zero-order valence-corrected chi connectivity index (χ0v) is 22.5. The van der Waals surface area contributed by atoms with Gasteiger partial charge in [0.05, 0.1) is 22.3 Å². The van der Waals surface area contributed by atoms with Crippen LogP contribution in [0.2, 0.25) is 0 Å². The third-order valence-corrected chi connectivity index (χ3v) is 6.90. The van der Waals surface area contributed by atoms with Crippen LogP contribution in [0.25, 0.3) is 16.6 Å². The smallest absolute Gasteiger partial charge is 0.265 e. The largest absolute Gasteiger partial charge is 0.513 e. The fourth-order valence-electron chi connectivity index (χ4n) is 4.79. The number of hydrogen-bond donors (Lipinski definition) is 2. The normalized spacial score (nSPS) is 12.9. The first-order chi connectivity index (χ1) is 19.1. The number of aryl methyl sites for hydroxylation is 2. The van der Waals surface area contributed by atoms with Crippen LogP contribution in [-0.2, 0) is 23.3 Å². The van der Waals surface area contributed by atoms with Crippen molar-refractivity contribution in [3.8, 4) is 5.69 Å². The average Bonchev–Trinajstić information content (AvgIpc) is 2.90. The predicted octanol–water partition coefficient (Wildman–Crippen LogP) is 6.59. The fraction of sp³-hybridized carbons (Fsp3) is 0.290. The van der Waals surface area contributed by atoms with Crippen LogP contribution < -0.4 is 11.0 Å². The summed E-state index contributed by atoms with van der Waals surface area (Å²) < 4.78 is 43.0. The van der Waals surface area contributed by atoms with Crippen molar-refractivity contribution in [2.24, 2.45) is 0 Å². The number of hydroxylamine groups is 1. The van der Waals surface area contributed by atoms with E-state index in [1.165, 1.54) is 41.0 Å². The predicted molar refractivity (Wildman–Crippen MR) is 149 cm³/mol. The molecule has 2 N–H and O–H groups in total. The van der Waals surface area contributed by atoms with E-state index in [0.717, 1.165) is 11.6 Å². The number of aromatic nitrogens is 2. The maximum atomic E-state index is 13.9. The molecule has 40 heavy (non-hydrogen) atoms. The minimum atomic E-state index is -1.03. The maximum Gasteiger partial charge on any atom is 0.265 e. The molecule has 0 radical (unpaired) electrons. The van der Waals surface area contributed by atoms with E-state index in [9.17, 15) is 23.1 Å². The summed E-state index contributed by atoms with van der Waals surface area (Å²) in [5.74, 6) is -1.17. The minimum Gasteiger partial charge on any atom is -0.513 e. The Morgan fingerprint density at radius 1 is 1.00 bits per heavy atom. The second-order valence-electron chi connectivity index (χ2n) is 9.97. The first-order valence-corrected chi connectivity index (χ1v) is 13.1. The summed E-state index contributed by atoms with van der Waals surface area (Å²) in [6.07, 6.45) is 3.08. The molecule has 0 spiro atoms. The van der Waals surface area contributed by atoms with Gasteiger partial charge in [0.1, 0.15) is 28.9 Å². The van der Waals surface area contributed by atoms with Gasteiger partial charge in [0.25, 0.3) is 5.56 Å². The van der Waals surface area contributed by atoms with Gasteiger partial charge < -0.3 is 5.11 Å². The Bertz CT molecular complexity index is 1550. The first-order valence-electron chi connectivity index (χ1n) is 13.1. The molecule has 1 atom stereocenters. The van der Waals surface area contributed by atoms with Crippen molar-refractivity contribution in [1.82, 2.24) is 15.0 Å². The number of halogens is 3. The molecule has 1 aromatic heterocycles. The highest BCUT2D eigenvalue weighted by Gasteiger charge is 2.29. The van der Waals surface area contributed by atoms with Crippen molar-refractivity contribution in [3.63, 3.8) is 0 Å². The zero-order chi connectivity index (χ0) is 28.9. The van der Waals surface area contributed by atoms with Gasteiger partial charge in [-0.1, -0.05) is 12.6 Å². The molecule has 0 aliphatic carbocycles.